The molecule has 0 aliphatic rings. The van der Waals surface area contributed by atoms with Crippen LogP contribution in [0.1, 0.15) is 36.8 Å². The van der Waals surface area contributed by atoms with Crippen LogP contribution in [-0.2, 0) is 6.54 Å². The highest BCUT2D eigenvalue weighted by Gasteiger charge is 2.11. The minimum atomic E-state index is 0.553. The standard InChI is InChI=1S/C29H32ClN3/c1-23(25-11-6-3-7-12-25)16-20-33(22-24-9-4-2-5-10-24)19-8-17-31-28-15-18-32-29-21-26(30)13-14-27(28)29/h2-7,9-15,18,21,23H,8,16-17,19-20,22H2,1H3,(H,31,32). The fourth-order valence-corrected chi connectivity index (χ4v) is 4.40. The SMILES string of the molecule is CC(CCN(CCCNc1ccnc2cc(Cl)ccc12)Cc1ccccc1)c1ccccc1. The average molecular weight is 458 g/mol. The number of benzene rings is 3. The molecule has 3 nitrogen and oxygen atoms in total. The van der Waals surface area contributed by atoms with Crippen LogP contribution in [0.3, 0.4) is 0 Å². The molecular formula is C29H32ClN3. The first-order chi connectivity index (χ1) is 16.2. The van der Waals surface area contributed by atoms with Crippen molar-refractivity contribution >= 4 is 28.2 Å². The van der Waals surface area contributed by atoms with Crippen molar-refractivity contribution in [3.63, 3.8) is 0 Å². The molecule has 1 atom stereocenters. The van der Waals surface area contributed by atoms with Crippen LogP contribution in [0, 0.1) is 0 Å². The Labute approximate surface area is 202 Å². The second-order valence-electron chi connectivity index (χ2n) is 8.66. The molecule has 3 aromatic carbocycles. The molecule has 1 heterocycles. The number of hydrogen-bond acceptors (Lipinski definition) is 3. The molecule has 4 heteroatoms. The van der Waals surface area contributed by atoms with Gasteiger partial charge in [0.05, 0.1) is 5.52 Å². The van der Waals surface area contributed by atoms with Gasteiger partial charge in [0.15, 0.2) is 0 Å². The molecule has 1 N–H and O–H groups in total. The third-order valence-corrected chi connectivity index (χ3v) is 6.40. The first kappa shape index (κ1) is 23.3. The van der Waals surface area contributed by atoms with Gasteiger partial charge in [-0.3, -0.25) is 9.88 Å². The third kappa shape index (κ3) is 6.80. The summed E-state index contributed by atoms with van der Waals surface area (Å²) in [6, 6.07) is 29.5. The van der Waals surface area contributed by atoms with Crippen LogP contribution in [-0.4, -0.2) is 29.5 Å². The Bertz CT molecular complexity index is 1130. The van der Waals surface area contributed by atoms with Crippen molar-refractivity contribution in [3.8, 4) is 0 Å². The molecule has 0 aliphatic heterocycles. The predicted molar refractivity (Wildman–Crippen MR) is 141 cm³/mol. The Morgan fingerprint density at radius 1 is 0.909 bits per heavy atom. The molecule has 0 radical (unpaired) electrons. The Balaban J connectivity index is 1.34. The van der Waals surface area contributed by atoms with Crippen LogP contribution in [0.25, 0.3) is 10.9 Å². The summed E-state index contributed by atoms with van der Waals surface area (Å²) in [7, 11) is 0. The second-order valence-corrected chi connectivity index (χ2v) is 9.10. The zero-order chi connectivity index (χ0) is 22.9. The molecule has 0 aliphatic carbocycles. The number of anilines is 1. The first-order valence-corrected chi connectivity index (χ1v) is 12.2. The molecule has 170 valence electrons. The van der Waals surface area contributed by atoms with E-state index in [4.69, 9.17) is 11.6 Å². The van der Waals surface area contributed by atoms with Gasteiger partial charge in [0.1, 0.15) is 0 Å². The van der Waals surface area contributed by atoms with E-state index >= 15 is 0 Å². The van der Waals surface area contributed by atoms with Crippen LogP contribution in [0.2, 0.25) is 5.02 Å². The van der Waals surface area contributed by atoms with Gasteiger partial charge in [-0.15, -0.1) is 0 Å². The molecule has 4 rings (SSSR count). The summed E-state index contributed by atoms with van der Waals surface area (Å²) in [6.45, 7) is 6.37. The van der Waals surface area contributed by atoms with Gasteiger partial charge in [-0.2, -0.15) is 0 Å². The molecule has 0 fully saturated rings. The molecule has 0 amide bonds. The van der Waals surface area contributed by atoms with E-state index in [1.165, 1.54) is 11.1 Å². The lowest BCUT2D eigenvalue weighted by molar-refractivity contribution is 0.255. The fourth-order valence-electron chi connectivity index (χ4n) is 4.24. The van der Waals surface area contributed by atoms with Gasteiger partial charge in [0.2, 0.25) is 0 Å². The molecule has 1 unspecified atom stereocenters. The van der Waals surface area contributed by atoms with Gasteiger partial charge in [-0.05, 0) is 60.7 Å². The van der Waals surface area contributed by atoms with E-state index in [1.54, 1.807) is 0 Å². The maximum absolute atomic E-state index is 6.12. The summed E-state index contributed by atoms with van der Waals surface area (Å²) in [5, 5.41) is 5.43. The number of rotatable bonds is 11. The summed E-state index contributed by atoms with van der Waals surface area (Å²) < 4.78 is 0. The molecule has 33 heavy (non-hydrogen) atoms. The Kier molecular flexibility index (Phi) is 8.35. The average Bonchev–Trinajstić information content (AvgIpc) is 2.85. The lowest BCUT2D eigenvalue weighted by Gasteiger charge is -2.24. The van der Waals surface area contributed by atoms with E-state index in [0.717, 1.165) is 55.6 Å². The second kappa shape index (κ2) is 11.8. The number of pyridine rings is 1. The molecule has 4 aromatic rings. The number of nitrogens with one attached hydrogen (secondary N) is 1. The number of nitrogens with zero attached hydrogens (tertiary/aromatic N) is 2. The number of fused-ring (bicyclic) bond motifs is 1. The maximum atomic E-state index is 6.12. The van der Waals surface area contributed by atoms with Gasteiger partial charge in [-0.25, -0.2) is 0 Å². The first-order valence-electron chi connectivity index (χ1n) is 11.8. The Hall–Kier alpha value is -2.88. The Morgan fingerprint density at radius 3 is 2.45 bits per heavy atom. The largest absolute Gasteiger partial charge is 0.384 e. The lowest BCUT2D eigenvalue weighted by atomic mass is 9.97. The normalized spacial score (nSPS) is 12.2. The van der Waals surface area contributed by atoms with E-state index in [0.29, 0.717) is 10.9 Å². The van der Waals surface area contributed by atoms with Gasteiger partial charge in [0.25, 0.3) is 0 Å². The fraction of sp³-hybridized carbons (Fsp3) is 0.276. The van der Waals surface area contributed by atoms with Gasteiger partial charge < -0.3 is 5.32 Å². The molecule has 0 saturated heterocycles. The van der Waals surface area contributed by atoms with Crippen LogP contribution in [0.4, 0.5) is 5.69 Å². The quantitative estimate of drug-likeness (QED) is 0.238. The predicted octanol–water partition coefficient (Wildman–Crippen LogP) is 7.39. The summed E-state index contributed by atoms with van der Waals surface area (Å²) in [5.41, 5.74) is 4.83. The van der Waals surface area contributed by atoms with Crippen molar-refractivity contribution < 1.29 is 0 Å². The highest BCUT2D eigenvalue weighted by Crippen LogP contribution is 2.24. The van der Waals surface area contributed by atoms with Crippen molar-refractivity contribution in [3.05, 3.63) is 107 Å². The van der Waals surface area contributed by atoms with E-state index < -0.39 is 0 Å². The van der Waals surface area contributed by atoms with E-state index in [-0.39, 0.29) is 0 Å². The van der Waals surface area contributed by atoms with Crippen molar-refractivity contribution in [2.45, 2.75) is 32.2 Å². The molecule has 0 bridgehead atoms. The van der Waals surface area contributed by atoms with E-state index in [2.05, 4.69) is 82.8 Å². The van der Waals surface area contributed by atoms with E-state index in [9.17, 15) is 0 Å². The molecule has 0 spiro atoms. The molecular weight excluding hydrogens is 426 g/mol. The minimum absolute atomic E-state index is 0.553. The Morgan fingerprint density at radius 2 is 1.67 bits per heavy atom. The minimum Gasteiger partial charge on any atom is -0.384 e. The number of halogens is 1. The van der Waals surface area contributed by atoms with E-state index in [1.807, 2.05) is 30.5 Å². The van der Waals surface area contributed by atoms with Gasteiger partial charge >= 0.3 is 0 Å². The molecule has 0 saturated carbocycles. The summed E-state index contributed by atoms with van der Waals surface area (Å²) in [5.74, 6) is 0.553. The monoisotopic (exact) mass is 457 g/mol. The van der Waals surface area contributed by atoms with Gasteiger partial charge in [-0.1, -0.05) is 79.2 Å². The smallest absolute Gasteiger partial charge is 0.0737 e. The van der Waals surface area contributed by atoms with Crippen LogP contribution in [0.5, 0.6) is 0 Å². The highest BCUT2D eigenvalue weighted by atomic mass is 35.5. The summed E-state index contributed by atoms with van der Waals surface area (Å²) >= 11 is 6.12. The van der Waals surface area contributed by atoms with Crippen LogP contribution < -0.4 is 5.32 Å². The van der Waals surface area contributed by atoms with Crippen molar-refractivity contribution in [2.75, 3.05) is 25.0 Å². The van der Waals surface area contributed by atoms with Crippen molar-refractivity contribution in [2.24, 2.45) is 0 Å². The van der Waals surface area contributed by atoms with Crippen LogP contribution >= 0.6 is 11.6 Å². The zero-order valence-electron chi connectivity index (χ0n) is 19.3. The van der Waals surface area contributed by atoms with Crippen molar-refractivity contribution in [1.29, 1.82) is 0 Å². The zero-order valence-corrected chi connectivity index (χ0v) is 20.0. The van der Waals surface area contributed by atoms with Crippen LogP contribution in [0.15, 0.2) is 91.1 Å². The third-order valence-electron chi connectivity index (χ3n) is 6.17. The molecule has 1 aromatic heterocycles. The highest BCUT2D eigenvalue weighted by molar-refractivity contribution is 6.31. The lowest BCUT2D eigenvalue weighted by Crippen LogP contribution is -2.27. The maximum Gasteiger partial charge on any atom is 0.0737 e. The number of hydrogen-bond donors (Lipinski definition) is 1. The van der Waals surface area contributed by atoms with Gasteiger partial charge in [0, 0.05) is 41.9 Å². The topological polar surface area (TPSA) is 28.2 Å². The number of aromatic nitrogens is 1. The van der Waals surface area contributed by atoms with Crippen molar-refractivity contribution in [1.82, 2.24) is 9.88 Å². The summed E-state index contributed by atoms with van der Waals surface area (Å²) in [6.07, 6.45) is 4.07. The summed E-state index contributed by atoms with van der Waals surface area (Å²) in [4.78, 5) is 7.02.